The fraction of sp³-hybridized carbons (Fsp3) is 0.938. The molecule has 3 unspecified atom stereocenters. The minimum atomic E-state index is -0.394. The summed E-state index contributed by atoms with van der Waals surface area (Å²) in [6.07, 6.45) is 4.72. The van der Waals surface area contributed by atoms with Crippen molar-refractivity contribution < 1.29 is 9.53 Å². The molecule has 20 heavy (non-hydrogen) atoms. The molecule has 2 aliphatic heterocycles. The third kappa shape index (κ3) is 4.45. The smallest absolute Gasteiger partial charge is 0.323 e. The van der Waals surface area contributed by atoms with Crippen LogP contribution in [0.25, 0.3) is 0 Å². The zero-order valence-electron chi connectivity index (χ0n) is 13.4. The van der Waals surface area contributed by atoms with Crippen LogP contribution in [-0.2, 0) is 9.53 Å². The fourth-order valence-electron chi connectivity index (χ4n) is 3.31. The molecular weight excluding hydrogens is 252 g/mol. The molecular formula is C16H30N2O2. The van der Waals surface area contributed by atoms with Crippen molar-refractivity contribution in [2.45, 2.75) is 71.1 Å². The molecule has 2 rings (SSSR count). The van der Waals surface area contributed by atoms with Gasteiger partial charge in [-0.2, -0.15) is 0 Å². The summed E-state index contributed by atoms with van der Waals surface area (Å²) in [6, 6.07) is 0.593. The summed E-state index contributed by atoms with van der Waals surface area (Å²) in [6.45, 7) is 11.4. The zero-order valence-corrected chi connectivity index (χ0v) is 13.4. The molecule has 2 fully saturated rings. The van der Waals surface area contributed by atoms with Crippen LogP contribution in [0.4, 0.5) is 0 Å². The van der Waals surface area contributed by atoms with Crippen molar-refractivity contribution in [2.24, 2.45) is 5.92 Å². The number of piperidine rings is 1. The Morgan fingerprint density at radius 1 is 1.35 bits per heavy atom. The molecule has 0 radical (unpaired) electrons. The molecule has 2 heterocycles. The first-order chi connectivity index (χ1) is 9.35. The average Bonchev–Trinajstić information content (AvgIpc) is 2.73. The second-order valence-corrected chi connectivity index (χ2v) is 7.42. The number of hydrogen-bond donors (Lipinski definition) is 1. The van der Waals surface area contributed by atoms with Gasteiger partial charge in [-0.3, -0.25) is 4.79 Å². The number of hydrogen-bond acceptors (Lipinski definition) is 4. The van der Waals surface area contributed by atoms with Gasteiger partial charge < -0.3 is 15.0 Å². The normalized spacial score (nSPS) is 32.3. The van der Waals surface area contributed by atoms with Gasteiger partial charge in [-0.05, 0) is 72.4 Å². The first-order valence-electron chi connectivity index (χ1n) is 8.05. The van der Waals surface area contributed by atoms with Crippen molar-refractivity contribution in [1.82, 2.24) is 10.2 Å². The van der Waals surface area contributed by atoms with Crippen LogP contribution in [0.3, 0.4) is 0 Å². The topological polar surface area (TPSA) is 41.6 Å². The summed E-state index contributed by atoms with van der Waals surface area (Å²) in [7, 11) is 0. The molecule has 0 aromatic rings. The molecule has 0 aromatic carbocycles. The van der Waals surface area contributed by atoms with Crippen LogP contribution in [-0.4, -0.2) is 48.2 Å². The second kappa shape index (κ2) is 6.44. The number of nitrogens with zero attached hydrogens (tertiary/aromatic N) is 1. The van der Waals surface area contributed by atoms with Crippen LogP contribution in [0.1, 0.15) is 53.4 Å². The summed E-state index contributed by atoms with van der Waals surface area (Å²) < 4.78 is 5.50. The molecule has 0 aliphatic carbocycles. The van der Waals surface area contributed by atoms with E-state index in [0.717, 1.165) is 19.5 Å². The van der Waals surface area contributed by atoms with Crippen LogP contribution in [0, 0.1) is 5.92 Å². The highest BCUT2D eigenvalue weighted by molar-refractivity contribution is 5.76. The highest BCUT2D eigenvalue weighted by atomic mass is 16.6. The molecule has 3 atom stereocenters. The minimum Gasteiger partial charge on any atom is -0.459 e. The van der Waals surface area contributed by atoms with E-state index in [0.29, 0.717) is 12.0 Å². The van der Waals surface area contributed by atoms with E-state index in [4.69, 9.17) is 4.74 Å². The Bertz CT molecular complexity index is 338. The van der Waals surface area contributed by atoms with Crippen molar-refractivity contribution in [3.8, 4) is 0 Å². The molecule has 4 heteroatoms. The average molecular weight is 282 g/mol. The Hall–Kier alpha value is -0.610. The van der Waals surface area contributed by atoms with E-state index in [-0.39, 0.29) is 12.0 Å². The van der Waals surface area contributed by atoms with Crippen molar-refractivity contribution in [3.63, 3.8) is 0 Å². The third-order valence-electron chi connectivity index (χ3n) is 4.39. The Kier molecular flexibility index (Phi) is 5.08. The van der Waals surface area contributed by atoms with Gasteiger partial charge in [0.25, 0.3) is 0 Å². The number of rotatable bonds is 3. The number of carbonyl (C=O) groups excluding carboxylic acids is 1. The molecule has 0 aromatic heterocycles. The van der Waals surface area contributed by atoms with Gasteiger partial charge in [0.05, 0.1) is 0 Å². The quantitative estimate of drug-likeness (QED) is 0.806. The molecule has 2 saturated heterocycles. The maximum Gasteiger partial charge on any atom is 0.323 e. The number of esters is 1. The maximum absolute atomic E-state index is 12.2. The van der Waals surface area contributed by atoms with Gasteiger partial charge in [-0.25, -0.2) is 0 Å². The van der Waals surface area contributed by atoms with Gasteiger partial charge in [-0.1, -0.05) is 0 Å². The van der Waals surface area contributed by atoms with E-state index < -0.39 is 5.60 Å². The maximum atomic E-state index is 12.2. The Balaban J connectivity index is 1.83. The Labute approximate surface area is 123 Å². The van der Waals surface area contributed by atoms with Crippen LogP contribution in [0.5, 0.6) is 0 Å². The van der Waals surface area contributed by atoms with Crippen molar-refractivity contribution in [1.29, 1.82) is 0 Å². The van der Waals surface area contributed by atoms with Gasteiger partial charge >= 0.3 is 5.97 Å². The molecule has 4 nitrogen and oxygen atoms in total. The lowest BCUT2D eigenvalue weighted by molar-refractivity contribution is -0.158. The summed E-state index contributed by atoms with van der Waals surface area (Å²) in [4.78, 5) is 14.7. The fourth-order valence-corrected chi connectivity index (χ4v) is 3.31. The Morgan fingerprint density at radius 3 is 2.70 bits per heavy atom. The van der Waals surface area contributed by atoms with Gasteiger partial charge in [0.2, 0.25) is 0 Å². The van der Waals surface area contributed by atoms with E-state index in [1.54, 1.807) is 0 Å². The molecule has 1 N–H and O–H groups in total. The second-order valence-electron chi connectivity index (χ2n) is 7.42. The van der Waals surface area contributed by atoms with E-state index in [1.165, 1.54) is 25.8 Å². The molecule has 0 amide bonds. The van der Waals surface area contributed by atoms with E-state index >= 15 is 0 Å². The summed E-state index contributed by atoms with van der Waals surface area (Å²) in [5, 5.41) is 3.31. The molecule has 0 bridgehead atoms. The first-order valence-corrected chi connectivity index (χ1v) is 8.05. The number of nitrogens with one attached hydrogen (secondary N) is 1. The zero-order chi connectivity index (χ0) is 14.8. The van der Waals surface area contributed by atoms with E-state index in [1.807, 2.05) is 20.8 Å². The molecule has 0 spiro atoms. The van der Waals surface area contributed by atoms with Crippen molar-refractivity contribution in [3.05, 3.63) is 0 Å². The number of ether oxygens (including phenoxy) is 1. The standard InChI is InChI=1S/C16H30N2O2/c1-12-6-5-9-18(12)11-13-7-8-17-14(10-13)15(19)20-16(2,3)4/h12-14,17H,5-11H2,1-4H3. The minimum absolute atomic E-state index is 0.0864. The van der Waals surface area contributed by atoms with Gasteiger partial charge in [0.1, 0.15) is 11.6 Å². The van der Waals surface area contributed by atoms with Gasteiger partial charge in [-0.15, -0.1) is 0 Å². The van der Waals surface area contributed by atoms with Crippen LogP contribution in [0.15, 0.2) is 0 Å². The number of carbonyl (C=O) groups is 1. The van der Waals surface area contributed by atoms with Gasteiger partial charge in [0.15, 0.2) is 0 Å². The van der Waals surface area contributed by atoms with Crippen molar-refractivity contribution in [2.75, 3.05) is 19.6 Å². The lowest BCUT2D eigenvalue weighted by Crippen LogP contribution is -2.48. The highest BCUT2D eigenvalue weighted by Crippen LogP contribution is 2.24. The summed E-state index contributed by atoms with van der Waals surface area (Å²) in [5.41, 5.74) is -0.394. The predicted octanol–water partition coefficient (Wildman–Crippen LogP) is 2.18. The number of likely N-dealkylation sites (tertiary alicyclic amines) is 1. The third-order valence-corrected chi connectivity index (χ3v) is 4.39. The monoisotopic (exact) mass is 282 g/mol. The van der Waals surface area contributed by atoms with Crippen LogP contribution >= 0.6 is 0 Å². The first kappa shape index (κ1) is 15.8. The van der Waals surface area contributed by atoms with E-state index in [2.05, 4.69) is 17.1 Å². The predicted molar refractivity (Wildman–Crippen MR) is 80.6 cm³/mol. The molecule has 0 saturated carbocycles. The van der Waals surface area contributed by atoms with E-state index in [9.17, 15) is 4.79 Å². The van der Waals surface area contributed by atoms with Crippen LogP contribution < -0.4 is 5.32 Å². The summed E-state index contributed by atoms with van der Waals surface area (Å²) in [5.74, 6) is 0.533. The van der Waals surface area contributed by atoms with Crippen LogP contribution in [0.2, 0.25) is 0 Å². The lowest BCUT2D eigenvalue weighted by atomic mass is 9.91. The Morgan fingerprint density at radius 2 is 2.10 bits per heavy atom. The van der Waals surface area contributed by atoms with Gasteiger partial charge in [0, 0.05) is 12.6 Å². The lowest BCUT2D eigenvalue weighted by Gasteiger charge is -2.34. The molecule has 116 valence electrons. The SMILES string of the molecule is CC1CCCN1CC1CCNC(C(=O)OC(C)(C)C)C1. The molecule has 2 aliphatic rings. The summed E-state index contributed by atoms with van der Waals surface area (Å²) >= 11 is 0. The highest BCUT2D eigenvalue weighted by Gasteiger charge is 2.32. The van der Waals surface area contributed by atoms with Crippen molar-refractivity contribution >= 4 is 5.97 Å². The largest absolute Gasteiger partial charge is 0.459 e.